The van der Waals surface area contributed by atoms with Crippen molar-refractivity contribution in [1.29, 1.82) is 0 Å². The van der Waals surface area contributed by atoms with Crippen molar-refractivity contribution in [2.24, 2.45) is 11.0 Å². The number of nitrogens with zero attached hydrogens (tertiary/aromatic N) is 1. The molecule has 0 saturated carbocycles. The zero-order valence-electron chi connectivity index (χ0n) is 13.6. The standard InChI is InChI=1S/C18H25N3S/c1-14-9-11-16(12-10-14)18(2,3)20-17(22)21-19-13-15-7-5-4-6-8-15/h4-9,13,16H,10-12H2,1-3H3,(H2,20,21,22)/b19-13+/t16-/m0/s1. The topological polar surface area (TPSA) is 36.4 Å². The van der Waals surface area contributed by atoms with E-state index in [2.05, 4.69) is 42.7 Å². The van der Waals surface area contributed by atoms with Crippen molar-refractivity contribution in [2.75, 3.05) is 0 Å². The molecule has 0 aliphatic heterocycles. The summed E-state index contributed by atoms with van der Waals surface area (Å²) in [5.41, 5.74) is 5.42. The second-order valence-corrected chi connectivity index (χ2v) is 6.89. The Labute approximate surface area is 138 Å². The Balaban J connectivity index is 1.84. The fraction of sp³-hybridized carbons (Fsp3) is 0.444. The van der Waals surface area contributed by atoms with E-state index in [1.165, 1.54) is 18.4 Å². The van der Waals surface area contributed by atoms with Crippen molar-refractivity contribution in [1.82, 2.24) is 10.7 Å². The average molecular weight is 315 g/mol. The van der Waals surface area contributed by atoms with Crippen LogP contribution >= 0.6 is 12.2 Å². The normalized spacial score (nSPS) is 18.9. The molecule has 1 aromatic carbocycles. The molecule has 0 unspecified atom stereocenters. The first-order chi connectivity index (χ1) is 10.5. The Kier molecular flexibility index (Phi) is 5.72. The van der Waals surface area contributed by atoms with Crippen molar-refractivity contribution in [3.8, 4) is 0 Å². The maximum absolute atomic E-state index is 5.36. The van der Waals surface area contributed by atoms with Gasteiger partial charge in [0.15, 0.2) is 5.11 Å². The molecule has 0 aromatic heterocycles. The van der Waals surface area contributed by atoms with Gasteiger partial charge in [0.25, 0.3) is 0 Å². The van der Waals surface area contributed by atoms with Crippen LogP contribution in [0.5, 0.6) is 0 Å². The summed E-state index contributed by atoms with van der Waals surface area (Å²) in [6.45, 7) is 6.63. The zero-order chi connectivity index (χ0) is 16.0. The molecule has 0 bridgehead atoms. The summed E-state index contributed by atoms with van der Waals surface area (Å²) in [5.74, 6) is 0.592. The summed E-state index contributed by atoms with van der Waals surface area (Å²) >= 11 is 5.36. The van der Waals surface area contributed by atoms with Gasteiger partial charge in [-0.25, -0.2) is 0 Å². The minimum atomic E-state index is -0.0381. The van der Waals surface area contributed by atoms with Gasteiger partial charge in [-0.3, -0.25) is 5.43 Å². The number of allylic oxidation sites excluding steroid dienone is 2. The molecular formula is C18H25N3S. The molecule has 0 heterocycles. The lowest BCUT2D eigenvalue weighted by Crippen LogP contribution is -2.52. The maximum Gasteiger partial charge on any atom is 0.187 e. The summed E-state index contributed by atoms with van der Waals surface area (Å²) in [4.78, 5) is 0. The molecule has 2 rings (SSSR count). The third-order valence-electron chi connectivity index (χ3n) is 4.27. The Morgan fingerprint density at radius 1 is 1.32 bits per heavy atom. The number of hydrogen-bond donors (Lipinski definition) is 2. The fourth-order valence-corrected chi connectivity index (χ4v) is 3.06. The van der Waals surface area contributed by atoms with Gasteiger partial charge in [-0.1, -0.05) is 42.0 Å². The highest BCUT2D eigenvalue weighted by Crippen LogP contribution is 2.31. The van der Waals surface area contributed by atoms with Crippen LogP contribution < -0.4 is 10.7 Å². The van der Waals surface area contributed by atoms with Crippen LogP contribution in [-0.2, 0) is 0 Å². The molecule has 0 saturated heterocycles. The molecule has 118 valence electrons. The zero-order valence-corrected chi connectivity index (χ0v) is 14.4. The largest absolute Gasteiger partial charge is 0.356 e. The quantitative estimate of drug-likeness (QED) is 0.381. The molecular weight excluding hydrogens is 290 g/mol. The molecule has 4 heteroatoms. The molecule has 0 fully saturated rings. The van der Waals surface area contributed by atoms with Gasteiger partial charge in [-0.15, -0.1) is 0 Å². The predicted molar refractivity (Wildman–Crippen MR) is 98.1 cm³/mol. The smallest absolute Gasteiger partial charge is 0.187 e. The first kappa shape index (κ1) is 16.7. The van der Waals surface area contributed by atoms with Crippen molar-refractivity contribution >= 4 is 23.5 Å². The second-order valence-electron chi connectivity index (χ2n) is 6.48. The minimum absolute atomic E-state index is 0.0381. The van der Waals surface area contributed by atoms with Gasteiger partial charge in [0.1, 0.15) is 0 Å². The fourth-order valence-electron chi connectivity index (χ4n) is 2.75. The summed E-state index contributed by atoms with van der Waals surface area (Å²) in [5, 5.41) is 8.17. The van der Waals surface area contributed by atoms with Crippen LogP contribution in [0.2, 0.25) is 0 Å². The van der Waals surface area contributed by atoms with Crippen LogP contribution in [0.15, 0.2) is 47.1 Å². The van der Waals surface area contributed by atoms with Crippen LogP contribution in [0.3, 0.4) is 0 Å². The Morgan fingerprint density at radius 2 is 2.05 bits per heavy atom. The summed E-state index contributed by atoms with van der Waals surface area (Å²) in [6, 6.07) is 9.96. The summed E-state index contributed by atoms with van der Waals surface area (Å²) < 4.78 is 0. The number of hydrogen-bond acceptors (Lipinski definition) is 2. The molecule has 0 spiro atoms. The SMILES string of the molecule is CC1=CC[C@H](C(C)(C)NC(=S)N/N=C/c2ccccc2)CC1. The minimum Gasteiger partial charge on any atom is -0.356 e. The van der Waals surface area contributed by atoms with Gasteiger partial charge in [-0.2, -0.15) is 5.10 Å². The predicted octanol–water partition coefficient (Wildman–Crippen LogP) is 4.01. The third-order valence-corrected chi connectivity index (χ3v) is 4.47. The lowest BCUT2D eigenvalue weighted by Gasteiger charge is -2.37. The van der Waals surface area contributed by atoms with E-state index in [4.69, 9.17) is 12.2 Å². The van der Waals surface area contributed by atoms with E-state index in [9.17, 15) is 0 Å². The molecule has 1 aliphatic carbocycles. The first-order valence-corrected chi connectivity index (χ1v) is 8.20. The third kappa shape index (κ3) is 4.95. The maximum atomic E-state index is 5.36. The number of rotatable bonds is 4. The second kappa shape index (κ2) is 7.54. The van der Waals surface area contributed by atoms with E-state index in [1.54, 1.807) is 6.21 Å². The summed E-state index contributed by atoms with van der Waals surface area (Å²) in [7, 11) is 0. The number of benzene rings is 1. The van der Waals surface area contributed by atoms with Crippen molar-refractivity contribution < 1.29 is 0 Å². The number of hydrazone groups is 1. The Bertz CT molecular complexity index is 561. The van der Waals surface area contributed by atoms with E-state index in [0.717, 1.165) is 12.0 Å². The molecule has 1 aromatic rings. The van der Waals surface area contributed by atoms with Crippen LogP contribution in [0.4, 0.5) is 0 Å². The van der Waals surface area contributed by atoms with Gasteiger partial charge in [0.2, 0.25) is 0 Å². The van der Waals surface area contributed by atoms with E-state index in [1.807, 2.05) is 30.3 Å². The molecule has 2 N–H and O–H groups in total. The first-order valence-electron chi connectivity index (χ1n) is 7.79. The highest BCUT2D eigenvalue weighted by molar-refractivity contribution is 7.80. The molecule has 1 aliphatic rings. The van der Waals surface area contributed by atoms with Crippen LogP contribution in [0, 0.1) is 5.92 Å². The van der Waals surface area contributed by atoms with Crippen LogP contribution in [0.25, 0.3) is 0 Å². The van der Waals surface area contributed by atoms with Gasteiger partial charge in [0, 0.05) is 5.54 Å². The van der Waals surface area contributed by atoms with E-state index in [0.29, 0.717) is 11.0 Å². The lowest BCUT2D eigenvalue weighted by atomic mass is 9.77. The monoisotopic (exact) mass is 315 g/mol. The molecule has 3 nitrogen and oxygen atoms in total. The molecule has 1 atom stereocenters. The lowest BCUT2D eigenvalue weighted by molar-refractivity contribution is 0.265. The highest BCUT2D eigenvalue weighted by Gasteiger charge is 2.30. The molecule has 0 amide bonds. The number of nitrogens with one attached hydrogen (secondary N) is 2. The van der Waals surface area contributed by atoms with E-state index < -0.39 is 0 Å². The van der Waals surface area contributed by atoms with Gasteiger partial charge >= 0.3 is 0 Å². The number of thiocarbonyl (C=S) groups is 1. The van der Waals surface area contributed by atoms with Gasteiger partial charge in [-0.05, 0) is 63.7 Å². The Hall–Kier alpha value is -1.68. The molecule has 0 radical (unpaired) electrons. The van der Waals surface area contributed by atoms with Gasteiger partial charge in [0.05, 0.1) is 6.21 Å². The molecule has 22 heavy (non-hydrogen) atoms. The highest BCUT2D eigenvalue weighted by atomic mass is 32.1. The van der Waals surface area contributed by atoms with Crippen LogP contribution in [-0.4, -0.2) is 16.9 Å². The van der Waals surface area contributed by atoms with Crippen molar-refractivity contribution in [3.05, 3.63) is 47.5 Å². The van der Waals surface area contributed by atoms with E-state index in [-0.39, 0.29) is 5.54 Å². The van der Waals surface area contributed by atoms with Crippen LogP contribution in [0.1, 0.15) is 45.6 Å². The Morgan fingerprint density at radius 3 is 2.68 bits per heavy atom. The van der Waals surface area contributed by atoms with Crippen molar-refractivity contribution in [3.63, 3.8) is 0 Å². The summed E-state index contributed by atoms with van der Waals surface area (Å²) in [6.07, 6.45) is 7.62. The average Bonchev–Trinajstić information content (AvgIpc) is 2.48. The van der Waals surface area contributed by atoms with Crippen molar-refractivity contribution in [2.45, 2.75) is 45.6 Å². The van der Waals surface area contributed by atoms with Gasteiger partial charge < -0.3 is 5.32 Å². The van der Waals surface area contributed by atoms with E-state index >= 15 is 0 Å².